The third kappa shape index (κ3) is 6.41. The number of halogens is 2. The fourth-order valence-corrected chi connectivity index (χ4v) is 5.77. The summed E-state index contributed by atoms with van der Waals surface area (Å²) in [5.74, 6) is -2.48. The summed E-state index contributed by atoms with van der Waals surface area (Å²) in [5, 5.41) is 0.710. The average Bonchev–Trinajstić information content (AvgIpc) is 3.02. The number of ether oxygens (including phenoxy) is 2. The number of nitrogens with one attached hydrogen (secondary N) is 1. The van der Waals surface area contributed by atoms with Crippen LogP contribution >= 0.6 is 0 Å². The molecule has 0 saturated carbocycles. The number of sulfonamides is 1. The smallest absolute Gasteiger partial charge is 0.330 e. The number of pyridine rings is 1. The van der Waals surface area contributed by atoms with Crippen LogP contribution in [0.3, 0.4) is 0 Å². The molecule has 2 aromatic carbocycles. The van der Waals surface area contributed by atoms with E-state index in [-0.39, 0.29) is 17.5 Å². The Morgan fingerprint density at radius 2 is 1.70 bits per heavy atom. The van der Waals surface area contributed by atoms with Crippen molar-refractivity contribution in [3.8, 4) is 17.0 Å². The second-order valence-corrected chi connectivity index (χ2v) is 11.2. The number of methoxy groups -OCH3 is 2. The number of nitrogens with zero attached hydrogens (tertiary/aromatic N) is 5. The highest BCUT2D eigenvalue weighted by molar-refractivity contribution is 7.92. The third-order valence-electron chi connectivity index (χ3n) is 6.87. The first-order chi connectivity index (χ1) is 21.1. The number of piperazine rings is 1. The molecule has 1 N–H and O–H groups in total. The van der Waals surface area contributed by atoms with Gasteiger partial charge in [-0.3, -0.25) is 9.52 Å². The van der Waals surface area contributed by atoms with Crippen molar-refractivity contribution in [1.29, 1.82) is 0 Å². The topological polar surface area (TPSA) is 144 Å². The number of benzene rings is 2. The molecule has 4 aromatic rings. The van der Waals surface area contributed by atoms with Crippen LogP contribution in [0.4, 0.5) is 20.3 Å². The monoisotopic (exact) mass is 624 g/mol. The number of carbonyl (C=O) groups is 2. The van der Waals surface area contributed by atoms with Gasteiger partial charge in [-0.05, 0) is 35.9 Å². The first-order valence-corrected chi connectivity index (χ1v) is 14.6. The summed E-state index contributed by atoms with van der Waals surface area (Å²) >= 11 is 0. The van der Waals surface area contributed by atoms with Crippen molar-refractivity contribution in [3.05, 3.63) is 78.8 Å². The van der Waals surface area contributed by atoms with Gasteiger partial charge in [-0.2, -0.15) is 0 Å². The SMILES string of the molecule is COC(=O)/C=C/C(=O)N1CCN(c2ncnc3ccc(-c4cnc(OC)c(NS(=O)(=O)c5ccc(F)cc5F)c4)cc23)CC1. The molecule has 0 radical (unpaired) electrons. The van der Waals surface area contributed by atoms with E-state index in [0.717, 1.165) is 18.2 Å². The minimum absolute atomic E-state index is 0.0552. The van der Waals surface area contributed by atoms with Crippen LogP contribution in [0, 0.1) is 11.6 Å². The molecule has 15 heteroatoms. The molecule has 1 aliphatic heterocycles. The highest BCUT2D eigenvalue weighted by Crippen LogP contribution is 2.33. The van der Waals surface area contributed by atoms with Gasteiger partial charge in [-0.25, -0.2) is 36.9 Å². The second kappa shape index (κ2) is 12.6. The molecule has 12 nitrogen and oxygen atoms in total. The normalized spacial score (nSPS) is 13.7. The van der Waals surface area contributed by atoms with Crippen LogP contribution in [-0.2, 0) is 24.3 Å². The zero-order valence-corrected chi connectivity index (χ0v) is 24.3. The summed E-state index contributed by atoms with van der Waals surface area (Å²) in [7, 11) is -1.92. The number of fused-ring (bicyclic) bond motifs is 1. The quantitative estimate of drug-likeness (QED) is 0.229. The minimum atomic E-state index is -4.46. The minimum Gasteiger partial charge on any atom is -0.480 e. The molecule has 3 heterocycles. The molecule has 1 saturated heterocycles. The van der Waals surface area contributed by atoms with Gasteiger partial charge in [0.25, 0.3) is 10.0 Å². The molecule has 2 aromatic heterocycles. The maximum Gasteiger partial charge on any atom is 0.330 e. The Hall–Kier alpha value is -5.18. The Labute approximate surface area is 251 Å². The van der Waals surface area contributed by atoms with Crippen LogP contribution in [0.2, 0.25) is 0 Å². The van der Waals surface area contributed by atoms with Gasteiger partial charge in [0.1, 0.15) is 34.4 Å². The number of rotatable bonds is 8. The molecular formula is C29H26F2N6O6S. The Bertz CT molecular complexity index is 1880. The molecule has 0 bridgehead atoms. The lowest BCUT2D eigenvalue weighted by atomic mass is 10.0. The van der Waals surface area contributed by atoms with Crippen molar-refractivity contribution in [3.63, 3.8) is 0 Å². The van der Waals surface area contributed by atoms with E-state index in [4.69, 9.17) is 4.74 Å². The van der Waals surface area contributed by atoms with E-state index < -0.39 is 32.5 Å². The summed E-state index contributed by atoms with van der Waals surface area (Å²) < 4.78 is 65.6. The molecule has 44 heavy (non-hydrogen) atoms. The van der Waals surface area contributed by atoms with Crippen LogP contribution < -0.4 is 14.4 Å². The Balaban J connectivity index is 1.42. The lowest BCUT2D eigenvalue weighted by Crippen LogP contribution is -2.48. The number of amides is 1. The Morgan fingerprint density at radius 3 is 2.41 bits per heavy atom. The largest absolute Gasteiger partial charge is 0.480 e. The van der Waals surface area contributed by atoms with E-state index in [0.29, 0.717) is 60.1 Å². The fourth-order valence-electron chi connectivity index (χ4n) is 4.66. The molecule has 1 amide bonds. The van der Waals surface area contributed by atoms with Crippen LogP contribution in [-0.4, -0.2) is 80.5 Å². The summed E-state index contributed by atoms with van der Waals surface area (Å²) in [4.78, 5) is 39.7. The van der Waals surface area contributed by atoms with E-state index >= 15 is 0 Å². The molecule has 1 fully saturated rings. The molecule has 0 unspecified atom stereocenters. The van der Waals surface area contributed by atoms with Crippen molar-refractivity contribution in [2.24, 2.45) is 0 Å². The molecule has 1 aliphatic rings. The lowest BCUT2D eigenvalue weighted by molar-refractivity contribution is -0.135. The fraction of sp³-hybridized carbons (Fsp3) is 0.207. The predicted molar refractivity (Wildman–Crippen MR) is 156 cm³/mol. The maximum absolute atomic E-state index is 14.3. The Morgan fingerprint density at radius 1 is 0.932 bits per heavy atom. The van der Waals surface area contributed by atoms with Crippen LogP contribution in [0.5, 0.6) is 5.88 Å². The third-order valence-corrected chi connectivity index (χ3v) is 8.27. The van der Waals surface area contributed by atoms with E-state index in [1.54, 1.807) is 17.0 Å². The van der Waals surface area contributed by atoms with Crippen molar-refractivity contribution in [2.45, 2.75) is 4.90 Å². The van der Waals surface area contributed by atoms with Crippen LogP contribution in [0.25, 0.3) is 22.0 Å². The van der Waals surface area contributed by atoms with E-state index in [1.807, 2.05) is 11.0 Å². The molecule has 5 rings (SSSR count). The average molecular weight is 625 g/mol. The van der Waals surface area contributed by atoms with E-state index in [1.165, 1.54) is 38.9 Å². The molecule has 0 atom stereocenters. The number of hydrogen-bond acceptors (Lipinski definition) is 10. The highest BCUT2D eigenvalue weighted by Gasteiger charge is 2.24. The van der Waals surface area contributed by atoms with E-state index in [2.05, 4.69) is 24.4 Å². The van der Waals surface area contributed by atoms with E-state index in [9.17, 15) is 26.8 Å². The first kappa shape index (κ1) is 30.3. The van der Waals surface area contributed by atoms with Crippen LogP contribution in [0.15, 0.2) is 72.0 Å². The number of hydrogen-bond donors (Lipinski definition) is 1. The second-order valence-electron chi connectivity index (χ2n) is 9.56. The van der Waals surface area contributed by atoms with Crippen molar-refractivity contribution >= 4 is 44.3 Å². The van der Waals surface area contributed by atoms with Gasteiger partial charge in [0.15, 0.2) is 0 Å². The van der Waals surface area contributed by atoms with Gasteiger partial charge in [0, 0.05) is 61.5 Å². The highest BCUT2D eigenvalue weighted by atomic mass is 32.2. The molecule has 0 aliphatic carbocycles. The van der Waals surface area contributed by atoms with Gasteiger partial charge in [-0.15, -0.1) is 0 Å². The lowest BCUT2D eigenvalue weighted by Gasteiger charge is -2.35. The van der Waals surface area contributed by atoms with Gasteiger partial charge in [0.2, 0.25) is 11.8 Å². The Kier molecular flexibility index (Phi) is 8.66. The number of anilines is 2. The standard InChI is InChI=1S/C29H26F2N6O6S/c1-42-27(39)8-7-26(38)36-9-11-37(12-10-36)28-21-13-18(3-5-23(21)33-17-34-28)19-14-24(29(43-2)32-16-19)35-44(40,41)25-6-4-20(30)15-22(25)31/h3-8,13-17,35H,9-12H2,1-2H3/b8-7+. The molecular weight excluding hydrogens is 598 g/mol. The zero-order valence-electron chi connectivity index (χ0n) is 23.5. The number of carbonyl (C=O) groups excluding carboxylic acids is 2. The summed E-state index contributed by atoms with van der Waals surface area (Å²) in [6.45, 7) is 1.75. The van der Waals surface area contributed by atoms with Gasteiger partial charge < -0.3 is 19.3 Å². The summed E-state index contributed by atoms with van der Waals surface area (Å²) in [6.07, 6.45) is 5.21. The predicted octanol–water partition coefficient (Wildman–Crippen LogP) is 3.16. The van der Waals surface area contributed by atoms with Crippen molar-refractivity contribution in [2.75, 3.05) is 50.0 Å². The number of aromatic nitrogens is 3. The maximum atomic E-state index is 14.3. The van der Waals surface area contributed by atoms with Gasteiger partial charge >= 0.3 is 5.97 Å². The number of esters is 1. The summed E-state index contributed by atoms with van der Waals surface area (Å²) in [6, 6.07) is 9.05. The van der Waals surface area contributed by atoms with Crippen LogP contribution in [0.1, 0.15) is 0 Å². The van der Waals surface area contributed by atoms with Gasteiger partial charge in [0.05, 0.1) is 19.7 Å². The van der Waals surface area contributed by atoms with Gasteiger partial charge in [-0.1, -0.05) is 6.07 Å². The summed E-state index contributed by atoms with van der Waals surface area (Å²) in [5.41, 5.74) is 1.76. The zero-order chi connectivity index (χ0) is 31.4. The first-order valence-electron chi connectivity index (χ1n) is 13.2. The van der Waals surface area contributed by atoms with Crippen molar-refractivity contribution in [1.82, 2.24) is 19.9 Å². The molecule has 228 valence electrons. The van der Waals surface area contributed by atoms with Crippen molar-refractivity contribution < 1.29 is 36.3 Å². The molecule has 0 spiro atoms.